The summed E-state index contributed by atoms with van der Waals surface area (Å²) in [7, 11) is 1.71. The van der Waals surface area contributed by atoms with Crippen molar-refractivity contribution in [2.24, 2.45) is 0 Å². The quantitative estimate of drug-likeness (QED) is 0.761. The maximum atomic E-state index is 8.83. The molecule has 18 heavy (non-hydrogen) atoms. The second kappa shape index (κ2) is 6.21. The van der Waals surface area contributed by atoms with Gasteiger partial charge in [-0.05, 0) is 31.0 Å². The molecule has 0 atom stereocenters. The molecule has 1 rings (SSSR count). The van der Waals surface area contributed by atoms with Crippen molar-refractivity contribution in [2.75, 3.05) is 26.8 Å². The standard InChI is InChI=1S/C15H25NO2/c1-11-8-13(14(18-5)9-12(11)2)15(3,4)10-16-6-7-17/h8-9,16-17H,6-7,10H2,1-5H3. The van der Waals surface area contributed by atoms with E-state index in [1.165, 1.54) is 16.7 Å². The lowest BCUT2D eigenvalue weighted by atomic mass is 9.82. The first kappa shape index (κ1) is 15.0. The molecular weight excluding hydrogens is 226 g/mol. The van der Waals surface area contributed by atoms with Gasteiger partial charge < -0.3 is 15.2 Å². The predicted molar refractivity (Wildman–Crippen MR) is 75.4 cm³/mol. The summed E-state index contributed by atoms with van der Waals surface area (Å²) >= 11 is 0. The summed E-state index contributed by atoms with van der Waals surface area (Å²) in [6.07, 6.45) is 0. The molecule has 0 fully saturated rings. The molecule has 3 heteroatoms. The maximum Gasteiger partial charge on any atom is 0.122 e. The van der Waals surface area contributed by atoms with Crippen molar-refractivity contribution < 1.29 is 9.84 Å². The minimum absolute atomic E-state index is 0.0288. The van der Waals surface area contributed by atoms with E-state index in [-0.39, 0.29) is 12.0 Å². The van der Waals surface area contributed by atoms with Crippen molar-refractivity contribution in [3.05, 3.63) is 28.8 Å². The zero-order valence-corrected chi connectivity index (χ0v) is 12.1. The number of hydrogen-bond donors (Lipinski definition) is 2. The van der Waals surface area contributed by atoms with Crippen LogP contribution in [-0.2, 0) is 5.41 Å². The lowest BCUT2D eigenvalue weighted by Gasteiger charge is -2.28. The smallest absolute Gasteiger partial charge is 0.122 e. The van der Waals surface area contributed by atoms with Crippen LogP contribution >= 0.6 is 0 Å². The highest BCUT2D eigenvalue weighted by Crippen LogP contribution is 2.33. The predicted octanol–water partition coefficient (Wildman–Crippen LogP) is 2.17. The van der Waals surface area contributed by atoms with E-state index in [9.17, 15) is 0 Å². The molecule has 0 amide bonds. The second-order valence-electron chi connectivity index (χ2n) is 5.42. The van der Waals surface area contributed by atoms with Crippen LogP contribution in [0, 0.1) is 13.8 Å². The topological polar surface area (TPSA) is 41.5 Å². The highest BCUT2D eigenvalue weighted by Gasteiger charge is 2.24. The van der Waals surface area contributed by atoms with Gasteiger partial charge in [-0.15, -0.1) is 0 Å². The van der Waals surface area contributed by atoms with Crippen molar-refractivity contribution in [3.63, 3.8) is 0 Å². The van der Waals surface area contributed by atoms with Gasteiger partial charge in [0.1, 0.15) is 5.75 Å². The Morgan fingerprint density at radius 3 is 2.39 bits per heavy atom. The van der Waals surface area contributed by atoms with Crippen molar-refractivity contribution in [1.82, 2.24) is 5.32 Å². The van der Waals surface area contributed by atoms with E-state index >= 15 is 0 Å². The van der Waals surface area contributed by atoms with Crippen LogP contribution in [0.3, 0.4) is 0 Å². The van der Waals surface area contributed by atoms with E-state index in [0.29, 0.717) is 6.54 Å². The molecule has 102 valence electrons. The molecule has 1 aromatic rings. The van der Waals surface area contributed by atoms with Crippen molar-refractivity contribution in [3.8, 4) is 5.75 Å². The van der Waals surface area contributed by atoms with E-state index in [2.05, 4.69) is 45.1 Å². The van der Waals surface area contributed by atoms with Gasteiger partial charge in [0.2, 0.25) is 0 Å². The van der Waals surface area contributed by atoms with Crippen LogP contribution in [0.4, 0.5) is 0 Å². The third-order valence-corrected chi connectivity index (χ3v) is 3.40. The average Bonchev–Trinajstić information content (AvgIpc) is 2.32. The minimum Gasteiger partial charge on any atom is -0.496 e. The molecule has 3 nitrogen and oxygen atoms in total. The lowest BCUT2D eigenvalue weighted by Crippen LogP contribution is -2.34. The van der Waals surface area contributed by atoms with E-state index < -0.39 is 0 Å². The fourth-order valence-corrected chi connectivity index (χ4v) is 2.06. The molecular formula is C15H25NO2. The Morgan fingerprint density at radius 1 is 1.22 bits per heavy atom. The van der Waals surface area contributed by atoms with E-state index in [0.717, 1.165) is 12.3 Å². The summed E-state index contributed by atoms with van der Waals surface area (Å²) in [5.74, 6) is 0.939. The summed E-state index contributed by atoms with van der Waals surface area (Å²) < 4.78 is 5.50. The normalized spacial score (nSPS) is 11.7. The van der Waals surface area contributed by atoms with Crippen LogP contribution in [0.2, 0.25) is 0 Å². The van der Waals surface area contributed by atoms with Gasteiger partial charge in [-0.2, -0.15) is 0 Å². The molecule has 0 aliphatic carbocycles. The third kappa shape index (κ3) is 3.47. The number of aliphatic hydroxyl groups is 1. The van der Waals surface area contributed by atoms with E-state index in [4.69, 9.17) is 9.84 Å². The monoisotopic (exact) mass is 251 g/mol. The van der Waals surface area contributed by atoms with E-state index in [1.807, 2.05) is 0 Å². The molecule has 0 aliphatic heterocycles. The minimum atomic E-state index is -0.0288. The van der Waals surface area contributed by atoms with Gasteiger partial charge in [-0.1, -0.05) is 19.9 Å². The number of nitrogens with one attached hydrogen (secondary N) is 1. The number of aryl methyl sites for hydroxylation is 2. The second-order valence-corrected chi connectivity index (χ2v) is 5.42. The van der Waals surface area contributed by atoms with Crippen LogP contribution in [0.25, 0.3) is 0 Å². The summed E-state index contributed by atoms with van der Waals surface area (Å²) in [6.45, 7) is 10.2. The first-order chi connectivity index (χ1) is 8.42. The zero-order chi connectivity index (χ0) is 13.8. The van der Waals surface area contributed by atoms with Crippen molar-refractivity contribution in [2.45, 2.75) is 33.1 Å². The Labute approximate surface area is 110 Å². The first-order valence-corrected chi connectivity index (χ1v) is 6.39. The van der Waals surface area contributed by atoms with Crippen LogP contribution < -0.4 is 10.1 Å². The summed E-state index contributed by atoms with van der Waals surface area (Å²) in [4.78, 5) is 0. The third-order valence-electron chi connectivity index (χ3n) is 3.40. The molecule has 2 N–H and O–H groups in total. The van der Waals surface area contributed by atoms with Gasteiger partial charge in [0, 0.05) is 24.1 Å². The van der Waals surface area contributed by atoms with Gasteiger partial charge in [0.15, 0.2) is 0 Å². The molecule has 0 unspecified atom stereocenters. The zero-order valence-electron chi connectivity index (χ0n) is 12.1. The molecule has 0 saturated heterocycles. The van der Waals surface area contributed by atoms with Gasteiger partial charge in [-0.3, -0.25) is 0 Å². The SMILES string of the molecule is COc1cc(C)c(C)cc1C(C)(C)CNCCO. The van der Waals surface area contributed by atoms with Crippen molar-refractivity contribution >= 4 is 0 Å². The number of rotatable bonds is 6. The van der Waals surface area contributed by atoms with Gasteiger partial charge in [-0.25, -0.2) is 0 Å². The molecule has 0 spiro atoms. The van der Waals surface area contributed by atoms with Crippen LogP contribution in [-0.4, -0.2) is 31.9 Å². The Hall–Kier alpha value is -1.06. The molecule has 0 radical (unpaired) electrons. The van der Waals surface area contributed by atoms with Crippen LogP contribution in [0.15, 0.2) is 12.1 Å². The fourth-order valence-electron chi connectivity index (χ4n) is 2.06. The Balaban J connectivity index is 3.02. The summed E-state index contributed by atoms with van der Waals surface area (Å²) in [5.41, 5.74) is 3.70. The first-order valence-electron chi connectivity index (χ1n) is 6.39. The lowest BCUT2D eigenvalue weighted by molar-refractivity contribution is 0.286. The van der Waals surface area contributed by atoms with Crippen LogP contribution in [0.5, 0.6) is 5.75 Å². The average molecular weight is 251 g/mol. The van der Waals surface area contributed by atoms with Gasteiger partial charge in [0.25, 0.3) is 0 Å². The number of hydrogen-bond acceptors (Lipinski definition) is 3. The Morgan fingerprint density at radius 2 is 1.83 bits per heavy atom. The number of aliphatic hydroxyl groups excluding tert-OH is 1. The molecule has 1 aromatic carbocycles. The molecule has 0 aliphatic rings. The van der Waals surface area contributed by atoms with Gasteiger partial charge >= 0.3 is 0 Å². The molecule has 0 saturated carbocycles. The van der Waals surface area contributed by atoms with Gasteiger partial charge in [0.05, 0.1) is 13.7 Å². The largest absolute Gasteiger partial charge is 0.496 e. The molecule has 0 heterocycles. The molecule has 0 bridgehead atoms. The Kier molecular flexibility index (Phi) is 5.17. The highest BCUT2D eigenvalue weighted by atomic mass is 16.5. The highest BCUT2D eigenvalue weighted by molar-refractivity contribution is 5.45. The Bertz CT molecular complexity index is 400. The molecule has 0 aromatic heterocycles. The van der Waals surface area contributed by atoms with E-state index in [1.54, 1.807) is 7.11 Å². The number of ether oxygens (including phenoxy) is 1. The van der Waals surface area contributed by atoms with Crippen LogP contribution in [0.1, 0.15) is 30.5 Å². The van der Waals surface area contributed by atoms with Crippen molar-refractivity contribution in [1.29, 1.82) is 0 Å². The summed E-state index contributed by atoms with van der Waals surface area (Å²) in [5, 5.41) is 12.1. The maximum absolute atomic E-state index is 8.83. The number of methoxy groups -OCH3 is 1. The number of benzene rings is 1. The fraction of sp³-hybridized carbons (Fsp3) is 0.600. The summed E-state index contributed by atoms with van der Waals surface area (Å²) in [6, 6.07) is 4.30.